The fourth-order valence-electron chi connectivity index (χ4n) is 0.180. The van der Waals surface area contributed by atoms with Crippen molar-refractivity contribution in [3.8, 4) is 0 Å². The second-order valence-corrected chi connectivity index (χ2v) is 2.08. The molecule has 0 bridgehead atoms. The van der Waals surface area contributed by atoms with Gasteiger partial charge in [0.15, 0.2) is 5.11 Å². The molecule has 0 amide bonds. The van der Waals surface area contributed by atoms with E-state index in [1.54, 1.807) is 4.90 Å². The number of nitrogens with zero attached hydrogens (tertiary/aromatic N) is 1. The van der Waals surface area contributed by atoms with Crippen LogP contribution in [0.3, 0.4) is 0 Å². The van der Waals surface area contributed by atoms with E-state index in [1.807, 2.05) is 14.1 Å². The molecule has 8 heavy (non-hydrogen) atoms. The van der Waals surface area contributed by atoms with E-state index in [9.17, 15) is 0 Å². The number of hydrogen-bond donors (Lipinski definition) is 1. The van der Waals surface area contributed by atoms with E-state index in [0.717, 1.165) is 0 Å². The van der Waals surface area contributed by atoms with Gasteiger partial charge in [-0.05, 0) is 12.2 Å². The maximum atomic E-state index is 4.79. The normalized spacial score (nSPS) is 7.75. The quantitative estimate of drug-likeness (QED) is 0.540. The molecule has 0 rings (SSSR count). The summed E-state index contributed by atoms with van der Waals surface area (Å²) >= 11 is 9.29. The third-order valence-electron chi connectivity index (χ3n) is 0.589. The fourth-order valence-corrected chi connectivity index (χ4v) is 0.425. The number of hydrogen-bond acceptors (Lipinski definition) is 2. The van der Waals surface area contributed by atoms with E-state index in [4.69, 9.17) is 12.2 Å². The van der Waals surface area contributed by atoms with Crippen LogP contribution in [0.15, 0.2) is 0 Å². The molecule has 0 aromatic rings. The topological polar surface area (TPSA) is 15.3 Å². The molecule has 46 valence electrons. The van der Waals surface area contributed by atoms with Crippen LogP contribution >= 0.6 is 24.4 Å². The van der Waals surface area contributed by atoms with Gasteiger partial charge in [-0.2, -0.15) is 0 Å². The van der Waals surface area contributed by atoms with E-state index < -0.39 is 0 Å². The smallest absolute Gasteiger partial charge is 0.173 e. The molecule has 0 aliphatic carbocycles. The lowest BCUT2D eigenvalue weighted by Crippen LogP contribution is -2.32. The highest BCUT2D eigenvalue weighted by Crippen LogP contribution is 1.73. The van der Waals surface area contributed by atoms with Crippen LogP contribution in [0.2, 0.25) is 0 Å². The van der Waals surface area contributed by atoms with Gasteiger partial charge in [-0.1, -0.05) is 12.2 Å². The Labute approximate surface area is 59.9 Å². The summed E-state index contributed by atoms with van der Waals surface area (Å²) in [5.41, 5.74) is 1.39. The SMILES string of the molecule is CN(C)C(=S)NC=S. The Balaban J connectivity index is 3.48. The van der Waals surface area contributed by atoms with Crippen LogP contribution in [0.25, 0.3) is 0 Å². The molecular formula is C4H8N2S2. The van der Waals surface area contributed by atoms with Crippen molar-refractivity contribution in [1.82, 2.24) is 10.2 Å². The minimum Gasteiger partial charge on any atom is -0.355 e. The number of nitrogens with one attached hydrogen (secondary N) is 1. The first-order valence-corrected chi connectivity index (χ1v) is 2.98. The Morgan fingerprint density at radius 1 is 1.62 bits per heavy atom. The molecule has 0 radical (unpaired) electrons. The Hall–Kier alpha value is -0.220. The summed E-state index contributed by atoms with van der Waals surface area (Å²) in [6.45, 7) is 0. The predicted octanol–water partition coefficient (Wildman–Crippen LogP) is 0.380. The van der Waals surface area contributed by atoms with Crippen molar-refractivity contribution in [1.29, 1.82) is 0 Å². The zero-order valence-electron chi connectivity index (χ0n) is 4.84. The molecule has 0 aromatic heterocycles. The minimum absolute atomic E-state index is 0.639. The summed E-state index contributed by atoms with van der Waals surface area (Å²) in [7, 11) is 3.71. The van der Waals surface area contributed by atoms with Gasteiger partial charge in [0.05, 0.1) is 5.49 Å². The molecule has 0 aromatic carbocycles. The van der Waals surface area contributed by atoms with E-state index >= 15 is 0 Å². The van der Waals surface area contributed by atoms with Gasteiger partial charge in [0.1, 0.15) is 0 Å². The molecule has 0 saturated carbocycles. The Morgan fingerprint density at radius 3 is 2.25 bits per heavy atom. The first kappa shape index (κ1) is 7.78. The Kier molecular flexibility index (Phi) is 3.64. The van der Waals surface area contributed by atoms with Gasteiger partial charge in [-0.25, -0.2) is 0 Å². The molecule has 2 nitrogen and oxygen atoms in total. The van der Waals surface area contributed by atoms with E-state index in [1.165, 1.54) is 5.49 Å². The molecule has 0 aliphatic heterocycles. The summed E-state index contributed by atoms with van der Waals surface area (Å²) in [5, 5.41) is 3.33. The molecule has 0 aliphatic rings. The van der Waals surface area contributed by atoms with E-state index in [-0.39, 0.29) is 0 Å². The zero-order valence-corrected chi connectivity index (χ0v) is 6.47. The van der Waals surface area contributed by atoms with Gasteiger partial charge in [-0.15, -0.1) is 0 Å². The first-order valence-electron chi connectivity index (χ1n) is 2.10. The van der Waals surface area contributed by atoms with Crippen molar-refractivity contribution in [2.45, 2.75) is 0 Å². The second-order valence-electron chi connectivity index (χ2n) is 1.46. The summed E-state index contributed by atoms with van der Waals surface area (Å²) in [4.78, 5) is 1.78. The Morgan fingerprint density at radius 2 is 2.12 bits per heavy atom. The zero-order chi connectivity index (χ0) is 6.57. The van der Waals surface area contributed by atoms with Gasteiger partial charge >= 0.3 is 0 Å². The van der Waals surface area contributed by atoms with Crippen LogP contribution in [0, 0.1) is 0 Å². The molecule has 0 atom stereocenters. The van der Waals surface area contributed by atoms with Crippen molar-refractivity contribution < 1.29 is 0 Å². The second kappa shape index (κ2) is 3.74. The summed E-state index contributed by atoms with van der Waals surface area (Å²) in [5.74, 6) is 0. The molecule has 4 heteroatoms. The third-order valence-corrected chi connectivity index (χ3v) is 1.19. The lowest BCUT2D eigenvalue weighted by Gasteiger charge is -2.11. The lowest BCUT2D eigenvalue weighted by atomic mass is 10.9. The van der Waals surface area contributed by atoms with Crippen LogP contribution < -0.4 is 5.32 Å². The van der Waals surface area contributed by atoms with Crippen molar-refractivity contribution in [2.75, 3.05) is 14.1 Å². The van der Waals surface area contributed by atoms with Crippen molar-refractivity contribution in [2.24, 2.45) is 0 Å². The number of rotatable bonds is 1. The molecule has 0 heterocycles. The summed E-state index contributed by atoms with van der Waals surface area (Å²) in [6.07, 6.45) is 0. The van der Waals surface area contributed by atoms with Crippen LogP contribution in [0.1, 0.15) is 0 Å². The Bertz CT molecular complexity index is 100. The minimum atomic E-state index is 0.639. The average Bonchev–Trinajstić information content (AvgIpc) is 1.67. The average molecular weight is 148 g/mol. The summed E-state index contributed by atoms with van der Waals surface area (Å²) in [6, 6.07) is 0. The van der Waals surface area contributed by atoms with Crippen LogP contribution in [0.5, 0.6) is 0 Å². The van der Waals surface area contributed by atoms with Crippen LogP contribution in [0.4, 0.5) is 0 Å². The fraction of sp³-hybridized carbons (Fsp3) is 0.500. The van der Waals surface area contributed by atoms with Crippen molar-refractivity contribution in [3.05, 3.63) is 0 Å². The highest BCUT2D eigenvalue weighted by atomic mass is 32.1. The van der Waals surface area contributed by atoms with Gasteiger partial charge in [-0.3, -0.25) is 0 Å². The molecule has 1 N–H and O–H groups in total. The van der Waals surface area contributed by atoms with Gasteiger partial charge in [0.25, 0.3) is 0 Å². The van der Waals surface area contributed by atoms with Gasteiger partial charge in [0, 0.05) is 14.1 Å². The molecule has 0 saturated heterocycles. The molecular weight excluding hydrogens is 140 g/mol. The van der Waals surface area contributed by atoms with E-state index in [0.29, 0.717) is 5.11 Å². The van der Waals surface area contributed by atoms with Crippen LogP contribution in [-0.4, -0.2) is 29.6 Å². The molecule has 0 fully saturated rings. The predicted molar refractivity (Wildman–Crippen MR) is 43.1 cm³/mol. The number of thiocarbonyl (C=S) groups is 2. The van der Waals surface area contributed by atoms with Gasteiger partial charge in [0.2, 0.25) is 0 Å². The third kappa shape index (κ3) is 2.87. The largest absolute Gasteiger partial charge is 0.355 e. The maximum Gasteiger partial charge on any atom is 0.173 e. The molecule has 0 unspecified atom stereocenters. The highest BCUT2D eigenvalue weighted by molar-refractivity contribution is 7.81. The maximum absolute atomic E-state index is 4.79. The highest BCUT2D eigenvalue weighted by Gasteiger charge is 1.90. The van der Waals surface area contributed by atoms with Crippen molar-refractivity contribution in [3.63, 3.8) is 0 Å². The first-order chi connectivity index (χ1) is 3.68. The molecule has 0 spiro atoms. The lowest BCUT2D eigenvalue weighted by molar-refractivity contribution is 0.621. The van der Waals surface area contributed by atoms with Crippen molar-refractivity contribution >= 4 is 35.0 Å². The van der Waals surface area contributed by atoms with E-state index in [2.05, 4.69) is 17.5 Å². The van der Waals surface area contributed by atoms with Gasteiger partial charge < -0.3 is 10.2 Å². The monoisotopic (exact) mass is 148 g/mol. The van der Waals surface area contributed by atoms with Crippen LogP contribution in [-0.2, 0) is 0 Å². The standard InChI is InChI=1S/C4H8N2S2/c1-6(2)4(8)5-3-7/h3H,1-2H3,(H,5,7,8). The summed E-state index contributed by atoms with van der Waals surface area (Å²) < 4.78 is 0.